The molecule has 0 aliphatic carbocycles. The predicted molar refractivity (Wildman–Crippen MR) is 75.1 cm³/mol. The van der Waals surface area contributed by atoms with Gasteiger partial charge in [-0.3, -0.25) is 0 Å². The van der Waals surface area contributed by atoms with E-state index in [4.69, 9.17) is 23.2 Å². The minimum Gasteiger partial charge on any atom is -0.393 e. The molecule has 0 saturated carbocycles. The summed E-state index contributed by atoms with van der Waals surface area (Å²) in [5.41, 5.74) is 0.702. The Kier molecular flexibility index (Phi) is 5.92. The van der Waals surface area contributed by atoms with Crippen molar-refractivity contribution in [1.29, 1.82) is 0 Å². The van der Waals surface area contributed by atoms with E-state index in [1.54, 1.807) is 18.2 Å². The monoisotopic (exact) mass is 310 g/mol. The molecule has 18 heavy (non-hydrogen) atoms. The Morgan fingerprint density at radius 1 is 1.28 bits per heavy atom. The quantitative estimate of drug-likeness (QED) is 0.879. The number of sulfone groups is 1. The van der Waals surface area contributed by atoms with E-state index in [2.05, 4.69) is 0 Å². The van der Waals surface area contributed by atoms with Crippen molar-refractivity contribution in [2.24, 2.45) is 0 Å². The number of hydrogen-bond donors (Lipinski definition) is 1. The molecule has 0 aromatic heterocycles. The minimum atomic E-state index is -2.97. The molecule has 0 spiro atoms. The second-order valence-corrected chi connectivity index (χ2v) is 7.40. The Hall–Kier alpha value is -0.290. The van der Waals surface area contributed by atoms with Crippen LogP contribution in [0.4, 0.5) is 0 Å². The fraction of sp³-hybridized carbons (Fsp3) is 0.500. The van der Waals surface area contributed by atoms with E-state index in [1.807, 2.05) is 0 Å². The van der Waals surface area contributed by atoms with Crippen LogP contribution in [0.5, 0.6) is 0 Å². The van der Waals surface area contributed by atoms with Gasteiger partial charge in [0, 0.05) is 28.5 Å². The van der Waals surface area contributed by atoms with Crippen molar-refractivity contribution in [2.75, 3.05) is 12.0 Å². The molecule has 1 aromatic rings. The third-order valence-electron chi connectivity index (χ3n) is 2.55. The van der Waals surface area contributed by atoms with Gasteiger partial charge in [0.25, 0.3) is 0 Å². The van der Waals surface area contributed by atoms with Crippen molar-refractivity contribution in [3.05, 3.63) is 33.8 Å². The van der Waals surface area contributed by atoms with Crippen LogP contribution in [0.2, 0.25) is 10.0 Å². The number of halogens is 2. The Labute approximate surface area is 118 Å². The van der Waals surface area contributed by atoms with E-state index in [0.29, 0.717) is 34.9 Å². The van der Waals surface area contributed by atoms with Gasteiger partial charge in [0.2, 0.25) is 0 Å². The summed E-state index contributed by atoms with van der Waals surface area (Å²) < 4.78 is 21.9. The van der Waals surface area contributed by atoms with E-state index in [1.165, 1.54) is 6.26 Å². The molecule has 102 valence electrons. The normalized spacial score (nSPS) is 13.6. The molecule has 1 aromatic carbocycles. The van der Waals surface area contributed by atoms with E-state index in [0.717, 1.165) is 0 Å². The molecule has 0 aliphatic heterocycles. The molecule has 3 nitrogen and oxygen atoms in total. The molecule has 1 N–H and O–H groups in total. The van der Waals surface area contributed by atoms with Crippen molar-refractivity contribution < 1.29 is 13.5 Å². The third kappa shape index (κ3) is 5.57. The van der Waals surface area contributed by atoms with E-state index < -0.39 is 15.9 Å². The lowest BCUT2D eigenvalue weighted by Crippen LogP contribution is -2.13. The minimum absolute atomic E-state index is 0.0836. The summed E-state index contributed by atoms with van der Waals surface area (Å²) in [4.78, 5) is 0. The third-order valence-corrected chi connectivity index (χ3v) is 4.29. The van der Waals surface area contributed by atoms with Crippen molar-refractivity contribution >= 4 is 33.0 Å². The number of benzene rings is 1. The first-order valence-corrected chi connectivity index (χ1v) is 8.40. The smallest absolute Gasteiger partial charge is 0.147 e. The standard InChI is InChI=1S/C12H16Cl2O3S/c1-18(16,17)7-3-4-9(15)8-10-11(13)5-2-6-12(10)14/h2,5-6,9,15H,3-4,7-8H2,1H3. The highest BCUT2D eigenvalue weighted by molar-refractivity contribution is 7.90. The van der Waals surface area contributed by atoms with Crippen LogP contribution in [0.15, 0.2) is 18.2 Å². The second-order valence-electron chi connectivity index (χ2n) is 4.33. The van der Waals surface area contributed by atoms with Crippen LogP contribution in [0, 0.1) is 0 Å². The molecule has 0 radical (unpaired) electrons. The van der Waals surface area contributed by atoms with E-state index in [-0.39, 0.29) is 5.75 Å². The van der Waals surface area contributed by atoms with Gasteiger partial charge in [-0.2, -0.15) is 0 Å². The van der Waals surface area contributed by atoms with Gasteiger partial charge in [0.05, 0.1) is 6.10 Å². The molecule has 1 atom stereocenters. The number of aliphatic hydroxyl groups is 1. The van der Waals surface area contributed by atoms with Crippen LogP contribution in [0.3, 0.4) is 0 Å². The van der Waals surface area contributed by atoms with Gasteiger partial charge in [-0.05, 0) is 30.5 Å². The van der Waals surface area contributed by atoms with Crippen LogP contribution < -0.4 is 0 Å². The van der Waals surface area contributed by atoms with Gasteiger partial charge in [-0.1, -0.05) is 29.3 Å². The molecule has 1 unspecified atom stereocenters. The van der Waals surface area contributed by atoms with Crippen molar-refractivity contribution in [3.8, 4) is 0 Å². The highest BCUT2D eigenvalue weighted by Gasteiger charge is 2.12. The van der Waals surface area contributed by atoms with Gasteiger partial charge in [-0.25, -0.2) is 8.42 Å². The maximum Gasteiger partial charge on any atom is 0.147 e. The van der Waals surface area contributed by atoms with Gasteiger partial charge in [-0.15, -0.1) is 0 Å². The van der Waals surface area contributed by atoms with Gasteiger partial charge in [0.1, 0.15) is 9.84 Å². The number of aliphatic hydroxyl groups excluding tert-OH is 1. The molecule has 1 rings (SSSR count). The average Bonchev–Trinajstić information content (AvgIpc) is 2.22. The summed E-state index contributed by atoms with van der Waals surface area (Å²) in [5.74, 6) is 0.0836. The largest absolute Gasteiger partial charge is 0.393 e. The van der Waals surface area contributed by atoms with Crippen LogP contribution in [0.25, 0.3) is 0 Å². The first-order valence-electron chi connectivity index (χ1n) is 5.58. The molecular weight excluding hydrogens is 295 g/mol. The lowest BCUT2D eigenvalue weighted by atomic mass is 10.0. The van der Waals surface area contributed by atoms with Gasteiger partial charge >= 0.3 is 0 Å². The molecule has 0 bridgehead atoms. The van der Waals surface area contributed by atoms with Crippen LogP contribution in [-0.4, -0.2) is 31.6 Å². The highest BCUT2D eigenvalue weighted by Crippen LogP contribution is 2.26. The second kappa shape index (κ2) is 6.75. The SMILES string of the molecule is CS(=O)(=O)CCCC(O)Cc1c(Cl)cccc1Cl. The summed E-state index contributed by atoms with van der Waals surface area (Å²) in [6.45, 7) is 0. The molecular formula is C12H16Cl2O3S. The highest BCUT2D eigenvalue weighted by atomic mass is 35.5. The van der Waals surface area contributed by atoms with E-state index in [9.17, 15) is 13.5 Å². The average molecular weight is 311 g/mol. The Morgan fingerprint density at radius 3 is 2.33 bits per heavy atom. The summed E-state index contributed by atoms with van der Waals surface area (Å²) in [6, 6.07) is 5.17. The Morgan fingerprint density at radius 2 is 1.83 bits per heavy atom. The lowest BCUT2D eigenvalue weighted by molar-refractivity contribution is 0.164. The number of rotatable bonds is 6. The van der Waals surface area contributed by atoms with Crippen molar-refractivity contribution in [2.45, 2.75) is 25.4 Å². The molecule has 6 heteroatoms. The van der Waals surface area contributed by atoms with Gasteiger partial charge < -0.3 is 5.11 Å². The summed E-state index contributed by atoms with van der Waals surface area (Å²) in [7, 11) is -2.97. The Balaban J connectivity index is 2.52. The molecule has 0 saturated heterocycles. The zero-order valence-electron chi connectivity index (χ0n) is 10.1. The van der Waals surface area contributed by atoms with Crippen molar-refractivity contribution in [3.63, 3.8) is 0 Å². The Bertz CT molecular complexity index is 480. The molecule has 0 aliphatic rings. The van der Waals surface area contributed by atoms with E-state index >= 15 is 0 Å². The predicted octanol–water partition coefficient (Wildman–Crippen LogP) is 2.72. The summed E-state index contributed by atoms with van der Waals surface area (Å²) in [6.07, 6.45) is 1.73. The zero-order chi connectivity index (χ0) is 13.8. The zero-order valence-corrected chi connectivity index (χ0v) is 12.4. The molecule has 0 heterocycles. The van der Waals surface area contributed by atoms with Crippen LogP contribution in [-0.2, 0) is 16.3 Å². The van der Waals surface area contributed by atoms with Crippen LogP contribution in [0.1, 0.15) is 18.4 Å². The topological polar surface area (TPSA) is 54.4 Å². The first-order chi connectivity index (χ1) is 8.29. The van der Waals surface area contributed by atoms with Crippen LogP contribution >= 0.6 is 23.2 Å². The van der Waals surface area contributed by atoms with Gasteiger partial charge in [0.15, 0.2) is 0 Å². The van der Waals surface area contributed by atoms with Crippen molar-refractivity contribution in [1.82, 2.24) is 0 Å². The number of hydrogen-bond acceptors (Lipinski definition) is 3. The summed E-state index contributed by atoms with van der Waals surface area (Å²) in [5, 5.41) is 10.9. The lowest BCUT2D eigenvalue weighted by Gasteiger charge is -2.12. The summed E-state index contributed by atoms with van der Waals surface area (Å²) >= 11 is 12.0. The maximum absolute atomic E-state index is 11.0. The molecule has 0 fully saturated rings. The maximum atomic E-state index is 11.0. The molecule has 0 amide bonds. The fourth-order valence-corrected chi connectivity index (χ4v) is 2.89. The first kappa shape index (κ1) is 15.8. The fourth-order valence-electron chi connectivity index (χ4n) is 1.65.